The molecule has 0 unspecified atom stereocenters. The van der Waals surface area contributed by atoms with Crippen molar-refractivity contribution in [1.29, 1.82) is 0 Å². The van der Waals surface area contributed by atoms with Gasteiger partial charge in [0.2, 0.25) is 0 Å². The van der Waals surface area contributed by atoms with Gasteiger partial charge in [-0.25, -0.2) is 4.39 Å². The molecule has 3 nitrogen and oxygen atoms in total. The van der Waals surface area contributed by atoms with E-state index in [-0.39, 0.29) is 17.7 Å². The van der Waals surface area contributed by atoms with Gasteiger partial charge in [0.05, 0.1) is 13.2 Å². The van der Waals surface area contributed by atoms with Crippen molar-refractivity contribution in [1.82, 2.24) is 5.32 Å². The number of nitrogens with one attached hydrogen (secondary N) is 1. The minimum Gasteiger partial charge on any atom is -0.494 e. The molecule has 0 spiro atoms. The van der Waals surface area contributed by atoms with Gasteiger partial charge in [0.15, 0.2) is 11.6 Å². The molecule has 0 amide bonds. The predicted octanol–water partition coefficient (Wildman–Crippen LogP) is 2.27. The van der Waals surface area contributed by atoms with Gasteiger partial charge in [0.25, 0.3) is 0 Å². The molecule has 1 aliphatic carbocycles. The number of rotatable bonds is 5. The zero-order valence-corrected chi connectivity index (χ0v) is 11.4. The Labute approximate surface area is 113 Å². The third kappa shape index (κ3) is 4.18. The quantitative estimate of drug-likeness (QED) is 0.860. The van der Waals surface area contributed by atoms with E-state index in [1.54, 1.807) is 6.07 Å². The van der Waals surface area contributed by atoms with Gasteiger partial charge in [0, 0.05) is 6.04 Å². The number of benzene rings is 1. The van der Waals surface area contributed by atoms with Crippen LogP contribution in [0.2, 0.25) is 0 Å². The Balaban J connectivity index is 1.75. The first-order chi connectivity index (χ1) is 9.19. The Bertz CT molecular complexity index is 403. The lowest BCUT2D eigenvalue weighted by molar-refractivity contribution is 0.117. The maximum absolute atomic E-state index is 13.5. The average Bonchev–Trinajstić information content (AvgIpc) is 2.41. The van der Waals surface area contributed by atoms with Crippen molar-refractivity contribution in [3.05, 3.63) is 29.6 Å². The van der Waals surface area contributed by atoms with Crippen LogP contribution < -0.4 is 10.1 Å². The molecule has 1 saturated carbocycles. The molecule has 1 aromatic rings. The van der Waals surface area contributed by atoms with Crippen LogP contribution in [-0.2, 0) is 6.42 Å². The summed E-state index contributed by atoms with van der Waals surface area (Å²) in [5.74, 6) is -0.0150. The molecule has 106 valence electrons. The monoisotopic (exact) mass is 267 g/mol. The smallest absolute Gasteiger partial charge is 0.165 e. The first-order valence-corrected chi connectivity index (χ1v) is 6.93. The van der Waals surface area contributed by atoms with Crippen molar-refractivity contribution >= 4 is 0 Å². The van der Waals surface area contributed by atoms with Crippen LogP contribution in [0.25, 0.3) is 0 Å². The van der Waals surface area contributed by atoms with Crippen LogP contribution in [0.5, 0.6) is 5.75 Å². The van der Waals surface area contributed by atoms with Crippen LogP contribution in [0.3, 0.4) is 0 Å². The first kappa shape index (κ1) is 14.3. The second-order valence-corrected chi connectivity index (χ2v) is 5.18. The molecule has 4 heteroatoms. The van der Waals surface area contributed by atoms with E-state index in [0.29, 0.717) is 6.04 Å². The van der Waals surface area contributed by atoms with Crippen molar-refractivity contribution < 1.29 is 14.2 Å². The molecule has 0 aromatic heterocycles. The van der Waals surface area contributed by atoms with Gasteiger partial charge in [-0.1, -0.05) is 6.07 Å². The van der Waals surface area contributed by atoms with Gasteiger partial charge in [-0.15, -0.1) is 0 Å². The summed E-state index contributed by atoms with van der Waals surface area (Å²) in [4.78, 5) is 0. The molecule has 0 saturated heterocycles. The number of aliphatic hydroxyl groups excluding tert-OH is 1. The van der Waals surface area contributed by atoms with Gasteiger partial charge in [-0.3, -0.25) is 0 Å². The topological polar surface area (TPSA) is 41.5 Å². The number of ether oxygens (including phenoxy) is 1. The Morgan fingerprint density at radius 2 is 2.05 bits per heavy atom. The van der Waals surface area contributed by atoms with Crippen LogP contribution in [0.4, 0.5) is 4.39 Å². The molecule has 0 bridgehead atoms. The summed E-state index contributed by atoms with van der Waals surface area (Å²) in [6.45, 7) is 0.840. The van der Waals surface area contributed by atoms with E-state index in [1.165, 1.54) is 13.2 Å². The largest absolute Gasteiger partial charge is 0.494 e. The van der Waals surface area contributed by atoms with E-state index in [0.717, 1.165) is 44.2 Å². The highest BCUT2D eigenvalue weighted by molar-refractivity contribution is 5.29. The first-order valence-electron chi connectivity index (χ1n) is 6.93. The average molecular weight is 267 g/mol. The van der Waals surface area contributed by atoms with Gasteiger partial charge < -0.3 is 15.2 Å². The van der Waals surface area contributed by atoms with Crippen molar-refractivity contribution in [2.45, 2.75) is 44.2 Å². The summed E-state index contributed by atoms with van der Waals surface area (Å²) >= 11 is 0. The minimum atomic E-state index is -0.305. The van der Waals surface area contributed by atoms with E-state index in [2.05, 4.69) is 5.32 Å². The van der Waals surface area contributed by atoms with Gasteiger partial charge in [-0.2, -0.15) is 0 Å². The molecule has 2 rings (SSSR count). The van der Waals surface area contributed by atoms with E-state index >= 15 is 0 Å². The van der Waals surface area contributed by atoms with Gasteiger partial charge >= 0.3 is 0 Å². The molecule has 1 fully saturated rings. The second-order valence-electron chi connectivity index (χ2n) is 5.18. The molecular formula is C15H22FNO2. The molecule has 0 aliphatic heterocycles. The Morgan fingerprint density at radius 1 is 1.32 bits per heavy atom. The Kier molecular flexibility index (Phi) is 5.16. The molecule has 0 radical (unpaired) electrons. The van der Waals surface area contributed by atoms with Crippen molar-refractivity contribution in [2.75, 3.05) is 13.7 Å². The highest BCUT2D eigenvalue weighted by Crippen LogP contribution is 2.19. The Hall–Kier alpha value is -1.13. The molecule has 1 aliphatic rings. The fourth-order valence-electron chi connectivity index (χ4n) is 2.57. The number of hydrogen-bond acceptors (Lipinski definition) is 3. The zero-order chi connectivity index (χ0) is 13.7. The van der Waals surface area contributed by atoms with E-state index in [1.807, 2.05) is 6.07 Å². The standard InChI is InChI=1S/C15H22FNO2/c1-19-15-7-2-11(10-14(15)16)8-9-17-12-3-5-13(18)6-4-12/h2,7,10,12-13,17-18H,3-6,8-9H2,1H3. The molecule has 0 atom stereocenters. The lowest BCUT2D eigenvalue weighted by atomic mass is 9.93. The summed E-state index contributed by atoms with van der Waals surface area (Å²) in [5, 5.41) is 12.9. The van der Waals surface area contributed by atoms with Crippen LogP contribution >= 0.6 is 0 Å². The molecule has 0 heterocycles. The summed E-state index contributed by atoms with van der Waals surface area (Å²) in [6.07, 6.45) is 4.51. The fraction of sp³-hybridized carbons (Fsp3) is 0.600. The lowest BCUT2D eigenvalue weighted by Gasteiger charge is -2.26. The van der Waals surface area contributed by atoms with Crippen molar-refractivity contribution in [3.8, 4) is 5.75 Å². The molecular weight excluding hydrogens is 245 g/mol. The zero-order valence-electron chi connectivity index (χ0n) is 11.4. The Morgan fingerprint density at radius 3 is 2.68 bits per heavy atom. The number of methoxy groups -OCH3 is 1. The van der Waals surface area contributed by atoms with Crippen LogP contribution in [0.1, 0.15) is 31.2 Å². The maximum Gasteiger partial charge on any atom is 0.165 e. The molecule has 2 N–H and O–H groups in total. The van der Waals surface area contributed by atoms with E-state index in [9.17, 15) is 9.50 Å². The molecule has 19 heavy (non-hydrogen) atoms. The summed E-state index contributed by atoms with van der Waals surface area (Å²) < 4.78 is 18.4. The van der Waals surface area contributed by atoms with Crippen LogP contribution in [-0.4, -0.2) is 30.9 Å². The van der Waals surface area contributed by atoms with Crippen molar-refractivity contribution in [2.24, 2.45) is 0 Å². The number of halogens is 1. The van der Waals surface area contributed by atoms with Gasteiger partial charge in [-0.05, 0) is 56.3 Å². The fourth-order valence-corrected chi connectivity index (χ4v) is 2.57. The van der Waals surface area contributed by atoms with Crippen LogP contribution in [0.15, 0.2) is 18.2 Å². The van der Waals surface area contributed by atoms with Crippen LogP contribution in [0, 0.1) is 5.82 Å². The number of hydrogen-bond donors (Lipinski definition) is 2. The molecule has 1 aromatic carbocycles. The maximum atomic E-state index is 13.5. The summed E-state index contributed by atoms with van der Waals surface area (Å²) in [5.41, 5.74) is 0.974. The third-order valence-electron chi connectivity index (χ3n) is 3.76. The SMILES string of the molecule is COc1ccc(CCNC2CCC(O)CC2)cc1F. The van der Waals surface area contributed by atoms with E-state index in [4.69, 9.17) is 4.74 Å². The second kappa shape index (κ2) is 6.87. The van der Waals surface area contributed by atoms with E-state index < -0.39 is 0 Å². The highest BCUT2D eigenvalue weighted by Gasteiger charge is 2.18. The summed E-state index contributed by atoms with van der Waals surface area (Å²) in [7, 11) is 1.47. The summed E-state index contributed by atoms with van der Waals surface area (Å²) in [6, 6.07) is 5.59. The highest BCUT2D eigenvalue weighted by atomic mass is 19.1. The number of aliphatic hydroxyl groups is 1. The van der Waals surface area contributed by atoms with Crippen molar-refractivity contribution in [3.63, 3.8) is 0 Å². The normalized spacial score (nSPS) is 23.3. The minimum absolute atomic E-state index is 0.117. The third-order valence-corrected chi connectivity index (χ3v) is 3.76. The van der Waals surface area contributed by atoms with Gasteiger partial charge in [0.1, 0.15) is 0 Å². The lowest BCUT2D eigenvalue weighted by Crippen LogP contribution is -2.35. The predicted molar refractivity (Wildman–Crippen MR) is 72.9 cm³/mol.